The van der Waals surface area contributed by atoms with Gasteiger partial charge in [-0.3, -0.25) is 4.98 Å². The molecule has 3 heterocycles. The van der Waals surface area contributed by atoms with Crippen LogP contribution < -0.4 is 10.5 Å². The van der Waals surface area contributed by atoms with Crippen molar-refractivity contribution in [1.82, 2.24) is 4.98 Å². The van der Waals surface area contributed by atoms with Gasteiger partial charge in [0, 0.05) is 54.6 Å². The molecule has 0 radical (unpaired) electrons. The van der Waals surface area contributed by atoms with Crippen molar-refractivity contribution in [1.29, 1.82) is 0 Å². The predicted octanol–water partition coefficient (Wildman–Crippen LogP) is 6.50. The second kappa shape index (κ2) is 11.5. The highest BCUT2D eigenvalue weighted by Gasteiger charge is 2.32. The summed E-state index contributed by atoms with van der Waals surface area (Å²) >= 11 is 0. The van der Waals surface area contributed by atoms with Crippen molar-refractivity contribution in [2.45, 2.75) is 61.5 Å². The van der Waals surface area contributed by atoms with Gasteiger partial charge < -0.3 is 9.32 Å². The number of halogens is 2. The minimum Gasteiger partial charge on any atom is -0.423 e. The Bertz CT molecular complexity index is 1630. The van der Waals surface area contributed by atoms with Gasteiger partial charge in [0.05, 0.1) is 10.1 Å². The van der Waals surface area contributed by atoms with Crippen LogP contribution in [-0.2, 0) is 22.2 Å². The maximum absolute atomic E-state index is 14.6. The molecule has 4 aromatic rings. The molecule has 1 fully saturated rings. The summed E-state index contributed by atoms with van der Waals surface area (Å²) in [7, 11) is -3.48. The van der Waals surface area contributed by atoms with Gasteiger partial charge in [-0.2, -0.15) is 0 Å². The molecule has 0 N–H and O–H groups in total. The van der Waals surface area contributed by atoms with Crippen LogP contribution in [-0.4, -0.2) is 31.7 Å². The van der Waals surface area contributed by atoms with Gasteiger partial charge in [-0.1, -0.05) is 25.1 Å². The van der Waals surface area contributed by atoms with Crippen molar-refractivity contribution >= 4 is 26.5 Å². The van der Waals surface area contributed by atoms with Gasteiger partial charge in [-0.15, -0.1) is 0 Å². The van der Waals surface area contributed by atoms with E-state index in [9.17, 15) is 22.0 Å². The van der Waals surface area contributed by atoms with Crippen molar-refractivity contribution < 1.29 is 21.6 Å². The normalized spacial score (nSPS) is 15.6. The van der Waals surface area contributed by atoms with E-state index in [-0.39, 0.29) is 16.5 Å². The SMILES string of the molecule is CCC(F)(F)c1cc(=O)oc2ccc(Cc3ccc(S(=O)(=O)C4CCCN(c5ccncc5)CCC4)cc3)cc12. The van der Waals surface area contributed by atoms with Gasteiger partial charge in [0.2, 0.25) is 0 Å². The van der Waals surface area contributed by atoms with E-state index < -0.39 is 33.1 Å². The van der Waals surface area contributed by atoms with Gasteiger partial charge in [0.25, 0.3) is 5.92 Å². The first-order chi connectivity index (χ1) is 19.2. The average molecular weight is 567 g/mol. The molecule has 0 spiro atoms. The van der Waals surface area contributed by atoms with Gasteiger partial charge in [-0.25, -0.2) is 22.0 Å². The lowest BCUT2D eigenvalue weighted by molar-refractivity contribution is -0.00714. The van der Waals surface area contributed by atoms with Crippen LogP contribution in [0.3, 0.4) is 0 Å². The third kappa shape index (κ3) is 5.94. The minimum absolute atomic E-state index is 0.115. The number of sulfone groups is 1. The summed E-state index contributed by atoms with van der Waals surface area (Å²) in [5, 5.41) is -0.221. The summed E-state index contributed by atoms with van der Waals surface area (Å²) in [6, 6.07) is 16.5. The molecular weight excluding hydrogens is 534 g/mol. The van der Waals surface area contributed by atoms with E-state index in [1.165, 1.54) is 13.0 Å². The Hall–Kier alpha value is -3.59. The number of nitrogens with zero attached hydrogens (tertiary/aromatic N) is 2. The number of hydrogen-bond acceptors (Lipinski definition) is 6. The first kappa shape index (κ1) is 28.0. The zero-order valence-corrected chi connectivity index (χ0v) is 23.2. The fourth-order valence-corrected chi connectivity index (χ4v) is 7.29. The number of alkyl halides is 2. The summed E-state index contributed by atoms with van der Waals surface area (Å²) in [5.74, 6) is -3.16. The average Bonchev–Trinajstić information content (AvgIpc) is 2.93. The molecule has 0 unspecified atom stereocenters. The minimum atomic E-state index is -3.48. The molecule has 2 aromatic carbocycles. The fourth-order valence-electron chi connectivity index (χ4n) is 5.44. The van der Waals surface area contributed by atoms with E-state index in [0.717, 1.165) is 48.8 Å². The number of benzene rings is 2. The summed E-state index contributed by atoms with van der Waals surface area (Å²) in [6.07, 6.45) is 6.29. The Kier molecular flexibility index (Phi) is 8.03. The highest BCUT2D eigenvalue weighted by atomic mass is 32.2. The fraction of sp³-hybridized carbons (Fsp3) is 0.355. The van der Waals surface area contributed by atoms with Crippen molar-refractivity contribution in [3.8, 4) is 0 Å². The zero-order valence-electron chi connectivity index (χ0n) is 22.4. The molecule has 0 saturated carbocycles. The Labute approximate surface area is 232 Å². The van der Waals surface area contributed by atoms with Crippen LogP contribution in [0.1, 0.15) is 55.7 Å². The molecule has 210 valence electrons. The highest BCUT2D eigenvalue weighted by Crippen LogP contribution is 2.36. The first-order valence-electron chi connectivity index (χ1n) is 13.6. The third-order valence-corrected chi connectivity index (χ3v) is 9.96. The van der Waals surface area contributed by atoms with Gasteiger partial charge in [0.1, 0.15) is 5.58 Å². The Morgan fingerprint density at radius 2 is 1.60 bits per heavy atom. The summed E-state index contributed by atoms with van der Waals surface area (Å²) in [4.78, 5) is 18.5. The molecule has 9 heteroatoms. The van der Waals surface area contributed by atoms with Crippen molar-refractivity contribution in [3.63, 3.8) is 0 Å². The van der Waals surface area contributed by atoms with Crippen LogP contribution in [0.4, 0.5) is 14.5 Å². The number of aromatic nitrogens is 1. The zero-order chi connectivity index (χ0) is 28.3. The van der Waals surface area contributed by atoms with E-state index in [0.29, 0.717) is 24.2 Å². The molecule has 1 aliphatic heterocycles. The molecule has 0 bridgehead atoms. The van der Waals surface area contributed by atoms with Crippen LogP contribution in [0.15, 0.2) is 87.2 Å². The monoisotopic (exact) mass is 566 g/mol. The summed E-state index contributed by atoms with van der Waals surface area (Å²) in [6.45, 7) is 2.97. The number of anilines is 1. The van der Waals surface area contributed by atoms with Gasteiger partial charge >= 0.3 is 5.63 Å². The largest absolute Gasteiger partial charge is 0.423 e. The van der Waals surface area contributed by atoms with E-state index >= 15 is 0 Å². The third-order valence-electron chi connectivity index (χ3n) is 7.68. The molecular formula is C31H32F2N2O4S. The quantitative estimate of drug-likeness (QED) is 0.238. The number of pyridine rings is 1. The lowest BCUT2D eigenvalue weighted by atomic mass is 9.98. The van der Waals surface area contributed by atoms with E-state index in [1.807, 2.05) is 12.1 Å². The number of fused-ring (bicyclic) bond motifs is 1. The second-order valence-corrected chi connectivity index (χ2v) is 12.6. The van der Waals surface area contributed by atoms with E-state index in [2.05, 4.69) is 9.88 Å². The van der Waals surface area contributed by atoms with Crippen LogP contribution in [0, 0.1) is 0 Å². The lowest BCUT2D eigenvalue weighted by Gasteiger charge is -2.29. The molecule has 2 aromatic heterocycles. The van der Waals surface area contributed by atoms with E-state index in [4.69, 9.17) is 4.42 Å². The van der Waals surface area contributed by atoms with Crippen molar-refractivity contribution in [3.05, 3.63) is 100 Å². The summed E-state index contributed by atoms with van der Waals surface area (Å²) in [5.41, 5.74) is 1.68. The summed E-state index contributed by atoms with van der Waals surface area (Å²) < 4.78 is 61.2. The maximum atomic E-state index is 14.6. The molecule has 40 heavy (non-hydrogen) atoms. The van der Waals surface area contributed by atoms with Crippen LogP contribution in [0.25, 0.3) is 11.0 Å². The highest BCUT2D eigenvalue weighted by molar-refractivity contribution is 7.92. The second-order valence-electron chi connectivity index (χ2n) is 10.3. The molecule has 0 atom stereocenters. The molecule has 0 aliphatic carbocycles. The molecule has 1 saturated heterocycles. The molecule has 5 rings (SSSR count). The molecule has 1 aliphatic rings. The maximum Gasteiger partial charge on any atom is 0.336 e. The van der Waals surface area contributed by atoms with Crippen LogP contribution in [0.5, 0.6) is 0 Å². The topological polar surface area (TPSA) is 80.5 Å². The lowest BCUT2D eigenvalue weighted by Crippen LogP contribution is -2.32. The van der Waals surface area contributed by atoms with Crippen molar-refractivity contribution in [2.75, 3.05) is 18.0 Å². The number of hydrogen-bond donors (Lipinski definition) is 0. The standard InChI is InChI=1S/C31H32F2N2O4S/c1-2-31(32,33)28-21-30(36)39-29-12-9-23(20-27(28)29)19-22-7-10-26(11-8-22)40(37,38)25-5-3-17-35(18-4-6-25)24-13-15-34-16-14-24/h7-16,20-21,25H,2-6,17-19H2,1H3. The predicted molar refractivity (Wildman–Crippen MR) is 152 cm³/mol. The van der Waals surface area contributed by atoms with Gasteiger partial charge in [-0.05, 0) is 79.6 Å². The van der Waals surface area contributed by atoms with E-state index in [1.54, 1.807) is 48.8 Å². The smallest absolute Gasteiger partial charge is 0.336 e. The first-order valence-corrected chi connectivity index (χ1v) is 15.1. The Morgan fingerprint density at radius 1 is 0.950 bits per heavy atom. The number of rotatable bonds is 7. The van der Waals surface area contributed by atoms with Crippen molar-refractivity contribution in [2.24, 2.45) is 0 Å². The van der Waals surface area contributed by atoms with Crippen LogP contribution in [0.2, 0.25) is 0 Å². The van der Waals surface area contributed by atoms with Crippen LogP contribution >= 0.6 is 0 Å². The molecule has 6 nitrogen and oxygen atoms in total. The van der Waals surface area contributed by atoms with Gasteiger partial charge in [0.15, 0.2) is 9.84 Å². The Balaban J connectivity index is 1.30. The molecule has 0 amide bonds. The Morgan fingerprint density at radius 3 is 2.25 bits per heavy atom.